The lowest BCUT2D eigenvalue weighted by molar-refractivity contribution is 0.414. The summed E-state index contributed by atoms with van der Waals surface area (Å²) in [7, 11) is 0. The number of nitrogens with zero attached hydrogens (tertiary/aromatic N) is 3. The van der Waals surface area contributed by atoms with E-state index in [1.165, 1.54) is 12.8 Å². The third kappa shape index (κ3) is 3.80. The lowest BCUT2D eigenvalue weighted by atomic mass is 10.2. The molecule has 1 atom stereocenters. The molecular formula is C14H24N4O. The van der Waals surface area contributed by atoms with E-state index < -0.39 is 0 Å². The summed E-state index contributed by atoms with van der Waals surface area (Å²) in [6.45, 7) is 8.85. The minimum atomic E-state index is 0.00717. The van der Waals surface area contributed by atoms with Gasteiger partial charge in [0.1, 0.15) is 0 Å². The average Bonchev–Trinajstić information content (AvgIpc) is 2.92. The van der Waals surface area contributed by atoms with E-state index in [0.717, 1.165) is 31.9 Å². The molecule has 0 aromatic carbocycles. The quantitative estimate of drug-likeness (QED) is 0.835. The van der Waals surface area contributed by atoms with E-state index in [4.69, 9.17) is 0 Å². The second kappa shape index (κ2) is 6.70. The van der Waals surface area contributed by atoms with E-state index in [1.807, 2.05) is 6.20 Å². The van der Waals surface area contributed by atoms with Gasteiger partial charge in [0.25, 0.3) is 5.56 Å². The van der Waals surface area contributed by atoms with Gasteiger partial charge in [-0.3, -0.25) is 4.79 Å². The summed E-state index contributed by atoms with van der Waals surface area (Å²) in [6.07, 6.45) is 4.25. The summed E-state index contributed by atoms with van der Waals surface area (Å²) < 4.78 is 1.57. The molecule has 1 unspecified atom stereocenters. The maximum Gasteiger partial charge on any atom is 0.268 e. The zero-order chi connectivity index (χ0) is 13.7. The fourth-order valence-corrected chi connectivity index (χ4v) is 2.46. The highest BCUT2D eigenvalue weighted by atomic mass is 16.1. The summed E-state index contributed by atoms with van der Waals surface area (Å²) in [5, 5.41) is 7.60. The second-order valence-corrected chi connectivity index (χ2v) is 5.34. The van der Waals surface area contributed by atoms with Crippen molar-refractivity contribution in [2.75, 3.05) is 31.1 Å². The Bertz CT molecular complexity index is 451. The molecule has 1 N–H and O–H groups in total. The first-order chi connectivity index (χ1) is 9.20. The number of hydrogen-bond donors (Lipinski definition) is 1. The zero-order valence-corrected chi connectivity index (χ0v) is 11.9. The van der Waals surface area contributed by atoms with Crippen molar-refractivity contribution in [2.24, 2.45) is 5.92 Å². The lowest BCUT2D eigenvalue weighted by Crippen LogP contribution is -2.31. The minimum Gasteiger partial charge on any atom is -0.370 e. The molecule has 0 aliphatic carbocycles. The summed E-state index contributed by atoms with van der Waals surface area (Å²) in [5.74, 6) is 0.405. The Morgan fingerprint density at radius 3 is 2.79 bits per heavy atom. The molecule has 1 aliphatic rings. The lowest BCUT2D eigenvalue weighted by Gasteiger charge is -2.18. The van der Waals surface area contributed by atoms with Gasteiger partial charge >= 0.3 is 0 Å². The maximum atomic E-state index is 12.1. The number of aromatic nitrogens is 2. The van der Waals surface area contributed by atoms with Crippen LogP contribution in [-0.2, 0) is 6.54 Å². The molecule has 0 bridgehead atoms. The Morgan fingerprint density at radius 2 is 2.16 bits per heavy atom. The van der Waals surface area contributed by atoms with E-state index in [1.54, 1.807) is 10.7 Å². The van der Waals surface area contributed by atoms with Crippen LogP contribution in [-0.4, -0.2) is 36.0 Å². The van der Waals surface area contributed by atoms with Crippen LogP contribution in [0.5, 0.6) is 0 Å². The van der Waals surface area contributed by atoms with Gasteiger partial charge < -0.3 is 10.2 Å². The van der Waals surface area contributed by atoms with Gasteiger partial charge in [-0.25, -0.2) is 4.68 Å². The van der Waals surface area contributed by atoms with Crippen LogP contribution < -0.4 is 15.8 Å². The van der Waals surface area contributed by atoms with Crippen molar-refractivity contribution in [1.29, 1.82) is 0 Å². The average molecular weight is 264 g/mol. The standard InChI is InChI=1S/C14H24N4O/c1-3-15-9-12(2)11-18-14(19)8-13(10-16-18)17-6-4-5-7-17/h8,10,12,15H,3-7,9,11H2,1-2H3. The SMILES string of the molecule is CCNCC(C)Cn1ncc(N2CCCC2)cc1=O. The Morgan fingerprint density at radius 1 is 1.42 bits per heavy atom. The van der Waals surface area contributed by atoms with Gasteiger partial charge in [-0.05, 0) is 31.8 Å². The first kappa shape index (κ1) is 14.1. The zero-order valence-electron chi connectivity index (χ0n) is 11.9. The van der Waals surface area contributed by atoms with Gasteiger partial charge in [0.2, 0.25) is 0 Å². The van der Waals surface area contributed by atoms with E-state index >= 15 is 0 Å². The molecule has 0 radical (unpaired) electrons. The molecule has 106 valence electrons. The Kier molecular flexibility index (Phi) is 4.96. The second-order valence-electron chi connectivity index (χ2n) is 5.34. The molecule has 1 aromatic rings. The monoisotopic (exact) mass is 264 g/mol. The number of hydrogen-bond acceptors (Lipinski definition) is 4. The van der Waals surface area contributed by atoms with Crippen molar-refractivity contribution in [2.45, 2.75) is 33.2 Å². The highest BCUT2D eigenvalue weighted by Gasteiger charge is 2.14. The van der Waals surface area contributed by atoms with E-state index in [-0.39, 0.29) is 5.56 Å². The largest absolute Gasteiger partial charge is 0.370 e. The number of rotatable bonds is 6. The van der Waals surface area contributed by atoms with E-state index in [0.29, 0.717) is 12.5 Å². The predicted molar refractivity (Wildman–Crippen MR) is 77.7 cm³/mol. The fourth-order valence-electron chi connectivity index (χ4n) is 2.46. The number of anilines is 1. The van der Waals surface area contributed by atoms with Gasteiger partial charge in [-0.1, -0.05) is 13.8 Å². The third-order valence-corrected chi connectivity index (χ3v) is 3.55. The molecule has 1 saturated heterocycles. The van der Waals surface area contributed by atoms with E-state index in [9.17, 15) is 4.79 Å². The Labute approximate surface area is 114 Å². The molecule has 0 saturated carbocycles. The molecular weight excluding hydrogens is 240 g/mol. The summed E-state index contributed by atoms with van der Waals surface area (Å²) in [4.78, 5) is 14.3. The molecule has 2 rings (SSSR count). The van der Waals surface area contributed by atoms with Crippen molar-refractivity contribution in [1.82, 2.24) is 15.1 Å². The Balaban J connectivity index is 2.00. The van der Waals surface area contributed by atoms with Gasteiger partial charge in [0.05, 0.1) is 11.9 Å². The van der Waals surface area contributed by atoms with Crippen molar-refractivity contribution in [3.63, 3.8) is 0 Å². The Hall–Kier alpha value is -1.36. The highest BCUT2D eigenvalue weighted by molar-refractivity contribution is 5.43. The van der Waals surface area contributed by atoms with Gasteiger partial charge in [-0.2, -0.15) is 5.10 Å². The van der Waals surface area contributed by atoms with Crippen LogP contribution in [0.25, 0.3) is 0 Å². The summed E-state index contributed by atoms with van der Waals surface area (Å²) >= 11 is 0. The van der Waals surface area contributed by atoms with Crippen molar-refractivity contribution < 1.29 is 0 Å². The summed E-state index contributed by atoms with van der Waals surface area (Å²) in [6, 6.07) is 1.72. The topological polar surface area (TPSA) is 50.2 Å². The normalized spacial score (nSPS) is 16.8. The third-order valence-electron chi connectivity index (χ3n) is 3.55. The van der Waals surface area contributed by atoms with Gasteiger partial charge in [0, 0.05) is 25.7 Å². The number of nitrogens with one attached hydrogen (secondary N) is 1. The molecule has 0 amide bonds. The predicted octanol–water partition coefficient (Wildman–Crippen LogP) is 1.09. The molecule has 1 aromatic heterocycles. The first-order valence-corrected chi connectivity index (χ1v) is 7.23. The molecule has 5 nitrogen and oxygen atoms in total. The molecule has 19 heavy (non-hydrogen) atoms. The van der Waals surface area contributed by atoms with Crippen LogP contribution in [0.1, 0.15) is 26.7 Å². The fraction of sp³-hybridized carbons (Fsp3) is 0.714. The van der Waals surface area contributed by atoms with E-state index in [2.05, 4.69) is 29.2 Å². The van der Waals surface area contributed by atoms with Crippen LogP contribution >= 0.6 is 0 Å². The van der Waals surface area contributed by atoms with Crippen LogP contribution in [0, 0.1) is 5.92 Å². The molecule has 5 heteroatoms. The van der Waals surface area contributed by atoms with Crippen molar-refractivity contribution >= 4 is 5.69 Å². The highest BCUT2D eigenvalue weighted by Crippen LogP contribution is 2.16. The van der Waals surface area contributed by atoms with Gasteiger partial charge in [0.15, 0.2) is 0 Å². The van der Waals surface area contributed by atoms with Gasteiger partial charge in [-0.15, -0.1) is 0 Å². The minimum absolute atomic E-state index is 0.00717. The smallest absolute Gasteiger partial charge is 0.268 e. The summed E-state index contributed by atoms with van der Waals surface area (Å²) in [5.41, 5.74) is 0.978. The molecule has 1 fully saturated rings. The van der Waals surface area contributed by atoms with Crippen LogP contribution in [0.2, 0.25) is 0 Å². The van der Waals surface area contributed by atoms with Crippen LogP contribution in [0.15, 0.2) is 17.1 Å². The first-order valence-electron chi connectivity index (χ1n) is 7.23. The molecule has 2 heterocycles. The molecule has 1 aliphatic heterocycles. The van der Waals surface area contributed by atoms with Crippen LogP contribution in [0.4, 0.5) is 5.69 Å². The van der Waals surface area contributed by atoms with Crippen molar-refractivity contribution in [3.8, 4) is 0 Å². The maximum absolute atomic E-state index is 12.1. The van der Waals surface area contributed by atoms with Crippen molar-refractivity contribution in [3.05, 3.63) is 22.6 Å². The molecule has 0 spiro atoms. The van der Waals surface area contributed by atoms with Crippen LogP contribution in [0.3, 0.4) is 0 Å².